The fourth-order valence-corrected chi connectivity index (χ4v) is 2.32. The summed E-state index contributed by atoms with van der Waals surface area (Å²) in [4.78, 5) is 0. The van der Waals surface area contributed by atoms with Crippen molar-refractivity contribution in [1.29, 1.82) is 0 Å². The Labute approximate surface area is 100 Å². The van der Waals surface area contributed by atoms with Crippen LogP contribution in [0.3, 0.4) is 0 Å². The Morgan fingerprint density at radius 1 is 1.50 bits per heavy atom. The van der Waals surface area contributed by atoms with E-state index in [9.17, 15) is 4.39 Å². The Kier molecular flexibility index (Phi) is 5.63. The van der Waals surface area contributed by atoms with Crippen LogP contribution in [-0.4, -0.2) is 19.4 Å². The van der Waals surface area contributed by atoms with Crippen LogP contribution in [0.25, 0.3) is 0 Å². The molecule has 90 valence electrons. The summed E-state index contributed by atoms with van der Waals surface area (Å²) in [5, 5.41) is 0. The second-order valence-electron chi connectivity index (χ2n) is 3.81. The lowest BCUT2D eigenvalue weighted by Crippen LogP contribution is -2.12. The number of nitrogens with two attached hydrogens (primary N) is 1. The van der Waals surface area contributed by atoms with E-state index in [0.29, 0.717) is 24.0 Å². The highest BCUT2D eigenvalue weighted by Gasteiger charge is 2.05. The lowest BCUT2D eigenvalue weighted by molar-refractivity contribution is 0.411. The normalized spacial score (nSPS) is 12.5. The average molecular weight is 243 g/mol. The van der Waals surface area contributed by atoms with E-state index in [1.165, 1.54) is 13.2 Å². The molecule has 2 N–H and O–H groups in total. The highest BCUT2D eigenvalue weighted by molar-refractivity contribution is 7.98. The summed E-state index contributed by atoms with van der Waals surface area (Å²) >= 11 is 1.71. The molecule has 1 aromatic carbocycles. The van der Waals surface area contributed by atoms with Gasteiger partial charge in [0, 0.05) is 11.8 Å². The number of hydrogen-bond acceptors (Lipinski definition) is 3. The third-order valence-corrected chi connectivity index (χ3v) is 3.64. The Morgan fingerprint density at radius 2 is 2.25 bits per heavy atom. The van der Waals surface area contributed by atoms with Gasteiger partial charge in [0.2, 0.25) is 0 Å². The van der Waals surface area contributed by atoms with Gasteiger partial charge in [-0.2, -0.15) is 11.8 Å². The fraction of sp³-hybridized carbons (Fsp3) is 0.500. The molecule has 1 rings (SSSR count). The Morgan fingerprint density at radius 3 is 2.81 bits per heavy atom. The predicted octanol–water partition coefficient (Wildman–Crippen LogP) is 2.66. The van der Waals surface area contributed by atoms with Crippen molar-refractivity contribution in [1.82, 2.24) is 0 Å². The van der Waals surface area contributed by atoms with E-state index in [2.05, 4.69) is 6.92 Å². The van der Waals surface area contributed by atoms with E-state index in [4.69, 9.17) is 10.5 Å². The number of benzene rings is 1. The molecule has 16 heavy (non-hydrogen) atoms. The first kappa shape index (κ1) is 13.3. The van der Waals surface area contributed by atoms with Crippen LogP contribution in [0.4, 0.5) is 4.39 Å². The molecule has 0 aromatic heterocycles. The molecule has 1 unspecified atom stereocenters. The van der Waals surface area contributed by atoms with Gasteiger partial charge in [0.05, 0.1) is 7.11 Å². The number of thioether (sulfide) groups is 1. The van der Waals surface area contributed by atoms with Crippen LogP contribution >= 0.6 is 11.8 Å². The number of rotatable bonds is 6. The van der Waals surface area contributed by atoms with Crippen molar-refractivity contribution in [2.24, 2.45) is 11.7 Å². The van der Waals surface area contributed by atoms with Gasteiger partial charge in [-0.1, -0.05) is 13.0 Å². The minimum absolute atomic E-state index is 0.202. The van der Waals surface area contributed by atoms with Crippen molar-refractivity contribution < 1.29 is 9.13 Å². The summed E-state index contributed by atoms with van der Waals surface area (Å²) in [6.07, 6.45) is 0. The number of methoxy groups -OCH3 is 1. The number of halogens is 1. The molecular weight excluding hydrogens is 225 g/mol. The molecule has 1 atom stereocenters. The first-order chi connectivity index (χ1) is 7.67. The van der Waals surface area contributed by atoms with E-state index >= 15 is 0 Å². The summed E-state index contributed by atoms with van der Waals surface area (Å²) in [6, 6.07) is 4.97. The Hall–Kier alpha value is -0.740. The minimum atomic E-state index is -0.202. The zero-order valence-corrected chi connectivity index (χ0v) is 10.5. The quantitative estimate of drug-likeness (QED) is 0.834. The van der Waals surface area contributed by atoms with E-state index in [1.807, 2.05) is 0 Å². The van der Waals surface area contributed by atoms with Crippen molar-refractivity contribution in [2.45, 2.75) is 12.7 Å². The molecule has 0 spiro atoms. The molecule has 0 heterocycles. The summed E-state index contributed by atoms with van der Waals surface area (Å²) in [5.74, 6) is 2.47. The van der Waals surface area contributed by atoms with Gasteiger partial charge in [-0.05, 0) is 29.8 Å². The van der Waals surface area contributed by atoms with Crippen molar-refractivity contribution in [3.63, 3.8) is 0 Å². The zero-order chi connectivity index (χ0) is 12.0. The molecule has 0 radical (unpaired) electrons. The molecular formula is C12H18FNOS. The van der Waals surface area contributed by atoms with Gasteiger partial charge < -0.3 is 10.5 Å². The molecule has 0 bridgehead atoms. The van der Waals surface area contributed by atoms with Crippen LogP contribution in [0.15, 0.2) is 18.2 Å². The van der Waals surface area contributed by atoms with Crippen LogP contribution in [0.2, 0.25) is 0 Å². The standard InChI is InChI=1S/C12H18FNOS/c1-9(6-14)7-16-8-10-3-4-11(15-2)5-12(10)13/h3-5,9H,6-8,14H2,1-2H3. The van der Waals surface area contributed by atoms with Crippen LogP contribution in [0, 0.1) is 11.7 Å². The van der Waals surface area contributed by atoms with Crippen molar-refractivity contribution in [3.05, 3.63) is 29.6 Å². The van der Waals surface area contributed by atoms with E-state index in [1.54, 1.807) is 23.9 Å². The first-order valence-corrected chi connectivity index (χ1v) is 6.43. The molecule has 2 nitrogen and oxygen atoms in total. The molecule has 0 aliphatic rings. The molecule has 0 amide bonds. The molecule has 0 aliphatic carbocycles. The third-order valence-electron chi connectivity index (χ3n) is 2.32. The minimum Gasteiger partial charge on any atom is -0.497 e. The monoisotopic (exact) mass is 243 g/mol. The van der Waals surface area contributed by atoms with Gasteiger partial charge >= 0.3 is 0 Å². The second kappa shape index (κ2) is 6.76. The lowest BCUT2D eigenvalue weighted by atomic mass is 10.2. The predicted molar refractivity (Wildman–Crippen MR) is 67.3 cm³/mol. The largest absolute Gasteiger partial charge is 0.497 e. The third kappa shape index (κ3) is 4.02. The van der Waals surface area contributed by atoms with E-state index in [0.717, 1.165) is 11.3 Å². The van der Waals surface area contributed by atoms with E-state index < -0.39 is 0 Å². The van der Waals surface area contributed by atoms with Crippen molar-refractivity contribution in [2.75, 3.05) is 19.4 Å². The molecule has 0 aliphatic heterocycles. The van der Waals surface area contributed by atoms with Gasteiger partial charge in [0.1, 0.15) is 11.6 Å². The van der Waals surface area contributed by atoms with Gasteiger partial charge in [-0.3, -0.25) is 0 Å². The fourth-order valence-electron chi connectivity index (χ4n) is 1.21. The van der Waals surface area contributed by atoms with E-state index in [-0.39, 0.29) is 5.82 Å². The maximum atomic E-state index is 13.5. The smallest absolute Gasteiger partial charge is 0.130 e. The van der Waals surface area contributed by atoms with Crippen molar-refractivity contribution >= 4 is 11.8 Å². The molecule has 0 fully saturated rings. The Balaban J connectivity index is 2.48. The molecule has 1 aromatic rings. The number of hydrogen-bond donors (Lipinski definition) is 1. The highest BCUT2D eigenvalue weighted by atomic mass is 32.2. The Bertz CT molecular complexity index is 333. The maximum absolute atomic E-state index is 13.5. The maximum Gasteiger partial charge on any atom is 0.130 e. The van der Waals surface area contributed by atoms with Crippen molar-refractivity contribution in [3.8, 4) is 5.75 Å². The topological polar surface area (TPSA) is 35.2 Å². The zero-order valence-electron chi connectivity index (χ0n) is 9.70. The van der Waals surface area contributed by atoms with Gasteiger partial charge in [-0.25, -0.2) is 4.39 Å². The summed E-state index contributed by atoms with van der Waals surface area (Å²) < 4.78 is 18.5. The van der Waals surface area contributed by atoms with Crippen LogP contribution in [0.1, 0.15) is 12.5 Å². The molecule has 0 saturated carbocycles. The van der Waals surface area contributed by atoms with Crippen LogP contribution in [0.5, 0.6) is 5.75 Å². The highest BCUT2D eigenvalue weighted by Crippen LogP contribution is 2.21. The SMILES string of the molecule is COc1ccc(CSCC(C)CN)c(F)c1. The summed E-state index contributed by atoms with van der Waals surface area (Å²) in [6.45, 7) is 2.77. The van der Waals surface area contributed by atoms with Gasteiger partial charge in [-0.15, -0.1) is 0 Å². The summed E-state index contributed by atoms with van der Waals surface area (Å²) in [7, 11) is 1.53. The second-order valence-corrected chi connectivity index (χ2v) is 4.84. The number of ether oxygens (including phenoxy) is 1. The van der Waals surface area contributed by atoms with Crippen LogP contribution in [-0.2, 0) is 5.75 Å². The lowest BCUT2D eigenvalue weighted by Gasteiger charge is -2.08. The van der Waals surface area contributed by atoms with Crippen LogP contribution < -0.4 is 10.5 Å². The van der Waals surface area contributed by atoms with Gasteiger partial charge in [0.15, 0.2) is 0 Å². The summed E-state index contributed by atoms with van der Waals surface area (Å²) in [5.41, 5.74) is 6.23. The molecule has 4 heteroatoms. The van der Waals surface area contributed by atoms with Gasteiger partial charge in [0.25, 0.3) is 0 Å². The first-order valence-electron chi connectivity index (χ1n) is 5.27. The average Bonchev–Trinajstić information content (AvgIpc) is 2.30. The molecule has 0 saturated heterocycles.